The van der Waals surface area contributed by atoms with E-state index in [1.165, 1.54) is 0 Å². The SMILES string of the molecule is O=C(NCCC(=O)N1CCOCC1)c1cc(Br)cc(Br)c1. The maximum absolute atomic E-state index is 12.0. The van der Waals surface area contributed by atoms with Gasteiger partial charge in [-0.3, -0.25) is 9.59 Å². The lowest BCUT2D eigenvalue weighted by Gasteiger charge is -2.26. The zero-order valence-corrected chi connectivity index (χ0v) is 14.6. The molecule has 1 aromatic carbocycles. The molecular weight excluding hydrogens is 404 g/mol. The Kier molecular flexibility index (Phi) is 6.20. The Labute approximate surface area is 140 Å². The minimum Gasteiger partial charge on any atom is -0.378 e. The first-order valence-electron chi connectivity index (χ1n) is 6.66. The number of nitrogens with one attached hydrogen (secondary N) is 1. The van der Waals surface area contributed by atoms with E-state index >= 15 is 0 Å². The summed E-state index contributed by atoms with van der Waals surface area (Å²) in [5.74, 6) is -0.138. The highest BCUT2D eigenvalue weighted by atomic mass is 79.9. The average molecular weight is 420 g/mol. The first-order chi connectivity index (χ1) is 10.1. The lowest BCUT2D eigenvalue weighted by Crippen LogP contribution is -2.42. The number of nitrogens with zero attached hydrogens (tertiary/aromatic N) is 1. The van der Waals surface area contributed by atoms with Gasteiger partial charge in [0, 0.05) is 40.6 Å². The molecule has 7 heteroatoms. The monoisotopic (exact) mass is 418 g/mol. The molecule has 1 aliphatic heterocycles. The van der Waals surface area contributed by atoms with E-state index in [1.54, 1.807) is 17.0 Å². The Bertz CT molecular complexity index is 511. The van der Waals surface area contributed by atoms with E-state index < -0.39 is 0 Å². The van der Waals surface area contributed by atoms with Crippen LogP contribution in [0.25, 0.3) is 0 Å². The second-order valence-corrected chi connectivity index (χ2v) is 6.49. The highest BCUT2D eigenvalue weighted by Gasteiger charge is 2.16. The first-order valence-corrected chi connectivity index (χ1v) is 8.24. The Balaban J connectivity index is 1.79. The highest BCUT2D eigenvalue weighted by molar-refractivity contribution is 9.11. The van der Waals surface area contributed by atoms with Crippen LogP contribution in [0.1, 0.15) is 16.8 Å². The molecule has 0 spiro atoms. The number of carbonyl (C=O) groups excluding carboxylic acids is 2. The van der Waals surface area contributed by atoms with Crippen LogP contribution in [0.4, 0.5) is 0 Å². The third-order valence-corrected chi connectivity index (χ3v) is 4.03. The fraction of sp³-hybridized carbons (Fsp3) is 0.429. The van der Waals surface area contributed by atoms with Crippen molar-refractivity contribution < 1.29 is 14.3 Å². The third kappa shape index (κ3) is 5.09. The molecule has 0 bridgehead atoms. The molecule has 5 nitrogen and oxygen atoms in total. The average Bonchev–Trinajstić information content (AvgIpc) is 2.47. The molecule has 1 aromatic rings. The number of amides is 2. The molecule has 0 unspecified atom stereocenters. The van der Waals surface area contributed by atoms with Gasteiger partial charge in [0.2, 0.25) is 5.91 Å². The predicted octanol–water partition coefficient (Wildman–Crippen LogP) is 2.19. The van der Waals surface area contributed by atoms with Crippen LogP contribution in [0, 0.1) is 0 Å². The lowest BCUT2D eigenvalue weighted by molar-refractivity contribution is -0.135. The molecule has 0 aliphatic carbocycles. The van der Waals surface area contributed by atoms with Crippen molar-refractivity contribution in [2.45, 2.75) is 6.42 Å². The van der Waals surface area contributed by atoms with Gasteiger partial charge in [-0.1, -0.05) is 31.9 Å². The number of hydrogen-bond donors (Lipinski definition) is 1. The van der Waals surface area contributed by atoms with Crippen molar-refractivity contribution in [3.8, 4) is 0 Å². The van der Waals surface area contributed by atoms with Crippen LogP contribution >= 0.6 is 31.9 Å². The van der Waals surface area contributed by atoms with Crippen molar-refractivity contribution >= 4 is 43.7 Å². The minimum absolute atomic E-state index is 0.0500. The molecule has 1 saturated heterocycles. The predicted molar refractivity (Wildman–Crippen MR) is 86.2 cm³/mol. The van der Waals surface area contributed by atoms with Gasteiger partial charge < -0.3 is 15.0 Å². The van der Waals surface area contributed by atoms with Crippen molar-refractivity contribution in [3.05, 3.63) is 32.7 Å². The van der Waals surface area contributed by atoms with Gasteiger partial charge in [-0.15, -0.1) is 0 Å². The summed E-state index contributed by atoms with van der Waals surface area (Å²) in [6, 6.07) is 5.34. The smallest absolute Gasteiger partial charge is 0.251 e. The molecule has 0 aromatic heterocycles. The Morgan fingerprint density at radius 1 is 1.14 bits per heavy atom. The molecule has 1 aliphatic rings. The lowest BCUT2D eigenvalue weighted by atomic mass is 10.2. The van der Waals surface area contributed by atoms with E-state index in [1.807, 2.05) is 6.07 Å². The summed E-state index contributed by atoms with van der Waals surface area (Å²) in [6.07, 6.45) is 0.306. The van der Waals surface area contributed by atoms with Gasteiger partial charge in [0.15, 0.2) is 0 Å². The Morgan fingerprint density at radius 2 is 1.76 bits per heavy atom. The number of morpholine rings is 1. The molecule has 2 rings (SSSR count). The Hall–Kier alpha value is -0.920. The van der Waals surface area contributed by atoms with E-state index in [9.17, 15) is 9.59 Å². The molecule has 1 N–H and O–H groups in total. The molecule has 1 fully saturated rings. The molecule has 0 saturated carbocycles. The van der Waals surface area contributed by atoms with E-state index in [0.29, 0.717) is 44.8 Å². The van der Waals surface area contributed by atoms with E-state index in [4.69, 9.17) is 4.74 Å². The number of halogens is 2. The summed E-state index contributed by atoms with van der Waals surface area (Å²) in [4.78, 5) is 25.7. The van der Waals surface area contributed by atoms with Crippen LogP contribution in [-0.4, -0.2) is 49.6 Å². The van der Waals surface area contributed by atoms with E-state index in [-0.39, 0.29) is 11.8 Å². The minimum atomic E-state index is -0.188. The summed E-state index contributed by atoms with van der Waals surface area (Å²) >= 11 is 6.68. The summed E-state index contributed by atoms with van der Waals surface area (Å²) < 4.78 is 6.85. The van der Waals surface area contributed by atoms with Crippen molar-refractivity contribution in [2.75, 3.05) is 32.8 Å². The van der Waals surface area contributed by atoms with Crippen molar-refractivity contribution in [2.24, 2.45) is 0 Å². The van der Waals surface area contributed by atoms with Gasteiger partial charge in [-0.25, -0.2) is 0 Å². The molecule has 1 heterocycles. The number of ether oxygens (including phenoxy) is 1. The summed E-state index contributed by atoms with van der Waals surface area (Å²) in [6.45, 7) is 2.77. The van der Waals surface area contributed by atoms with E-state index in [0.717, 1.165) is 8.95 Å². The van der Waals surface area contributed by atoms with Crippen LogP contribution in [-0.2, 0) is 9.53 Å². The summed E-state index contributed by atoms with van der Waals surface area (Å²) in [5, 5.41) is 2.76. The molecule has 114 valence electrons. The molecule has 0 radical (unpaired) electrons. The number of rotatable bonds is 4. The van der Waals surface area contributed by atoms with Gasteiger partial charge in [-0.05, 0) is 18.2 Å². The second-order valence-electron chi connectivity index (χ2n) is 4.66. The highest BCUT2D eigenvalue weighted by Crippen LogP contribution is 2.20. The van der Waals surface area contributed by atoms with Crippen molar-refractivity contribution in [1.82, 2.24) is 10.2 Å². The fourth-order valence-electron chi connectivity index (χ4n) is 2.04. The van der Waals surface area contributed by atoms with Crippen LogP contribution in [0.2, 0.25) is 0 Å². The van der Waals surface area contributed by atoms with E-state index in [2.05, 4.69) is 37.2 Å². The van der Waals surface area contributed by atoms with Crippen molar-refractivity contribution in [3.63, 3.8) is 0 Å². The number of hydrogen-bond acceptors (Lipinski definition) is 3. The summed E-state index contributed by atoms with van der Waals surface area (Å²) in [5.41, 5.74) is 0.551. The van der Waals surface area contributed by atoms with Crippen molar-refractivity contribution in [1.29, 1.82) is 0 Å². The maximum Gasteiger partial charge on any atom is 0.251 e. The molecular formula is C14H16Br2N2O3. The van der Waals surface area contributed by atoms with Gasteiger partial charge in [0.25, 0.3) is 5.91 Å². The number of carbonyl (C=O) groups is 2. The van der Waals surface area contributed by atoms with Gasteiger partial charge in [0.1, 0.15) is 0 Å². The van der Waals surface area contributed by atoms with Crippen LogP contribution < -0.4 is 5.32 Å². The van der Waals surface area contributed by atoms with Crippen LogP contribution in [0.5, 0.6) is 0 Å². The van der Waals surface area contributed by atoms with Gasteiger partial charge in [0.05, 0.1) is 13.2 Å². The normalized spacial score (nSPS) is 14.9. The Morgan fingerprint density at radius 3 is 2.38 bits per heavy atom. The maximum atomic E-state index is 12.0. The fourth-order valence-corrected chi connectivity index (χ4v) is 3.33. The topological polar surface area (TPSA) is 58.6 Å². The zero-order valence-electron chi connectivity index (χ0n) is 11.4. The first kappa shape index (κ1) is 16.5. The molecule has 0 atom stereocenters. The largest absolute Gasteiger partial charge is 0.378 e. The molecule has 2 amide bonds. The third-order valence-electron chi connectivity index (χ3n) is 3.11. The van der Waals surface area contributed by atoms with Gasteiger partial charge in [-0.2, -0.15) is 0 Å². The zero-order chi connectivity index (χ0) is 15.2. The quantitative estimate of drug-likeness (QED) is 0.813. The second kappa shape index (κ2) is 7.91. The standard InChI is InChI=1S/C14H16Br2N2O3/c15-11-7-10(8-12(16)9-11)14(20)17-2-1-13(19)18-3-5-21-6-4-18/h7-9H,1-6H2,(H,17,20). The molecule has 21 heavy (non-hydrogen) atoms. The summed E-state index contributed by atoms with van der Waals surface area (Å²) in [7, 11) is 0. The van der Waals surface area contributed by atoms with Crippen LogP contribution in [0.15, 0.2) is 27.1 Å². The van der Waals surface area contributed by atoms with Gasteiger partial charge >= 0.3 is 0 Å². The van der Waals surface area contributed by atoms with Crippen LogP contribution in [0.3, 0.4) is 0 Å². The number of benzene rings is 1.